The summed E-state index contributed by atoms with van der Waals surface area (Å²) in [6.45, 7) is 8.83. The molecular weight excluding hydrogens is 281 g/mol. The van der Waals surface area contributed by atoms with Gasteiger partial charge < -0.3 is 0 Å². The second-order valence-electron chi connectivity index (χ2n) is 4.67. The van der Waals surface area contributed by atoms with Gasteiger partial charge in [0, 0.05) is 0 Å². The average Bonchev–Trinajstić information content (AvgIpc) is 1.92. The topological polar surface area (TPSA) is 6.25 Å². The summed E-state index contributed by atoms with van der Waals surface area (Å²) >= 11 is 0. The third-order valence-corrected chi connectivity index (χ3v) is 1.56. The molecule has 0 atom stereocenters. The van der Waals surface area contributed by atoms with Crippen molar-refractivity contribution < 1.29 is 29.8 Å². The zero-order chi connectivity index (χ0) is 15.4. The van der Waals surface area contributed by atoms with Crippen LogP contribution < -0.4 is 0 Å². The third-order valence-electron chi connectivity index (χ3n) is 1.56. The van der Waals surface area contributed by atoms with Crippen LogP contribution in [-0.2, 0) is 0 Å². The Morgan fingerprint density at radius 1 is 0.833 bits per heavy atom. The van der Waals surface area contributed by atoms with Gasteiger partial charge in [-0.15, -0.1) is 0 Å². The number of hydrogen-bond donors (Lipinski definition) is 0. The van der Waals surface area contributed by atoms with E-state index in [1.54, 1.807) is 0 Å². The molecule has 0 N–H and O–H groups in total. The maximum atomic E-state index is 9.87. The summed E-state index contributed by atoms with van der Waals surface area (Å²) in [6.07, 6.45) is 2.15. The molecule has 9 heteroatoms. The second kappa shape index (κ2) is 5.23. The van der Waals surface area contributed by atoms with Gasteiger partial charge >= 0.3 is 33.0 Å². The zero-order valence-corrected chi connectivity index (χ0v) is 12.2. The Morgan fingerprint density at radius 2 is 1.06 bits per heavy atom. The van der Waals surface area contributed by atoms with E-state index in [0.717, 1.165) is 0 Å². The van der Waals surface area contributed by atoms with Crippen molar-refractivity contribution in [3.8, 4) is 0 Å². The van der Waals surface area contributed by atoms with Gasteiger partial charge in [-0.05, 0) is 27.7 Å². The first-order chi connectivity index (χ1) is 7.40. The molecule has 0 radical (unpaired) electrons. The summed E-state index contributed by atoms with van der Waals surface area (Å²) in [5.74, 6) is 0. The fourth-order valence-corrected chi connectivity index (χ4v) is 1.13. The first-order valence-corrected chi connectivity index (χ1v) is 7.28. The third kappa shape index (κ3) is 24.6. The van der Waals surface area contributed by atoms with Crippen LogP contribution in [0.15, 0.2) is 0 Å². The first-order valence-electron chi connectivity index (χ1n) is 5.25. The van der Waals surface area contributed by atoms with Crippen LogP contribution in [-0.4, -0.2) is 42.0 Å². The molecule has 0 amide bonds. The monoisotopic (exact) mass is 302 g/mol. The van der Waals surface area contributed by atoms with Crippen LogP contribution in [0.25, 0.3) is 0 Å². The van der Waals surface area contributed by atoms with Crippen molar-refractivity contribution in [1.82, 2.24) is 4.90 Å². The van der Waals surface area contributed by atoms with Gasteiger partial charge in [-0.3, -0.25) is 9.48 Å². The van der Waals surface area contributed by atoms with Crippen molar-refractivity contribution in [2.45, 2.75) is 39.8 Å². The van der Waals surface area contributed by atoms with Crippen LogP contribution in [0, 0.1) is 0 Å². The molecule has 0 aliphatic carbocycles. The van der Waals surface area contributed by atoms with E-state index in [4.69, 9.17) is 0 Å². The van der Waals surface area contributed by atoms with E-state index in [2.05, 4.69) is 57.6 Å². The van der Waals surface area contributed by atoms with Crippen molar-refractivity contribution in [2.75, 3.05) is 14.1 Å². The molecule has 2 nitrogen and oxygen atoms in total. The van der Waals surface area contributed by atoms with E-state index >= 15 is 0 Å². The molecule has 114 valence electrons. The van der Waals surface area contributed by atoms with Crippen LogP contribution in [0.3, 0.4) is 0 Å². The van der Waals surface area contributed by atoms with Gasteiger partial charge in [0.05, 0.1) is 26.2 Å². The fraction of sp³-hybridized carbons (Fsp3) is 0.889. The van der Waals surface area contributed by atoms with Crippen molar-refractivity contribution in [3.05, 3.63) is 0 Å². The Kier molecular flexibility index (Phi) is 5.76. The number of halogens is 6. The molecule has 0 saturated carbocycles. The molecule has 0 aromatic carbocycles. The van der Waals surface area contributed by atoms with E-state index in [1.165, 1.54) is 0 Å². The van der Waals surface area contributed by atoms with E-state index in [-0.39, 0.29) is 0 Å². The predicted octanol–water partition coefficient (Wildman–Crippen LogP) is 4.79. The number of hydrogen-bond acceptors (Lipinski definition) is 0. The summed E-state index contributed by atoms with van der Waals surface area (Å²) in [5, 5.41) is 0. The van der Waals surface area contributed by atoms with Crippen LogP contribution in [0.2, 0.25) is 0 Å². The average molecular weight is 302 g/mol. The summed E-state index contributed by atoms with van der Waals surface area (Å²) in [5.41, 5.74) is 0. The molecule has 0 heterocycles. The Labute approximate surface area is 104 Å². The van der Waals surface area contributed by atoms with Gasteiger partial charge in [0.25, 0.3) is 0 Å². The van der Waals surface area contributed by atoms with E-state index in [1.807, 2.05) is 0 Å². The van der Waals surface area contributed by atoms with Gasteiger partial charge in [0.1, 0.15) is 0 Å². The van der Waals surface area contributed by atoms with Crippen molar-refractivity contribution in [2.24, 2.45) is 0 Å². The molecule has 0 aromatic rings. The van der Waals surface area contributed by atoms with E-state index < -0.39 is 7.81 Å². The van der Waals surface area contributed by atoms with Crippen molar-refractivity contribution in [1.29, 1.82) is 0 Å². The minimum absolute atomic E-state index is 0.581. The van der Waals surface area contributed by atoms with Crippen LogP contribution in [0.4, 0.5) is 25.2 Å². The number of rotatable bonds is 3. The summed E-state index contributed by atoms with van der Waals surface area (Å²) < 4.78 is 61.3. The zero-order valence-electron chi connectivity index (χ0n) is 11.3. The van der Waals surface area contributed by atoms with E-state index in [0.29, 0.717) is 12.1 Å². The normalized spacial score (nSPS) is 15.4. The fourth-order valence-electron chi connectivity index (χ4n) is 1.13. The summed E-state index contributed by atoms with van der Waals surface area (Å²) in [7, 11) is -6.55. The molecule has 0 aliphatic heterocycles. The predicted molar refractivity (Wildman–Crippen MR) is 63.9 cm³/mol. The van der Waals surface area contributed by atoms with Crippen molar-refractivity contribution in [3.63, 3.8) is 0 Å². The first kappa shape index (κ1) is 19.8. The van der Waals surface area contributed by atoms with Crippen LogP contribution in [0.5, 0.6) is 0 Å². The number of nitrogens with zero attached hydrogens (tertiary/aromatic N) is 2. The maximum absolute atomic E-state index is 10.7. The quantitative estimate of drug-likeness (QED) is 0.239. The Hall–Kier alpha value is -0.520. The molecule has 0 rings (SSSR count). The molecule has 18 heavy (non-hydrogen) atoms. The molecule has 0 saturated heterocycles. The Morgan fingerprint density at radius 3 is 1.11 bits per heavy atom. The van der Waals surface area contributed by atoms with Gasteiger partial charge in [-0.1, -0.05) is 0 Å². The van der Waals surface area contributed by atoms with E-state index in [9.17, 15) is 25.2 Å². The standard InChI is InChI=1S/C9H21N2.F6P/c1-8(2)11(9(3)4)7-10(5)6;1-7(2,3,4,5)6/h7-9H,1-6H3;/q+1;-1. The molecule has 0 aliphatic rings. The second-order valence-corrected chi connectivity index (χ2v) is 6.59. The van der Waals surface area contributed by atoms with Crippen LogP contribution >= 0.6 is 7.81 Å². The molecule has 0 unspecified atom stereocenters. The minimum atomic E-state index is -10.7. The van der Waals surface area contributed by atoms with Gasteiger partial charge in [-0.25, -0.2) is 0 Å². The van der Waals surface area contributed by atoms with Gasteiger partial charge in [-0.2, -0.15) is 0 Å². The van der Waals surface area contributed by atoms with Crippen LogP contribution in [0.1, 0.15) is 27.7 Å². The molecule has 0 aromatic heterocycles. The van der Waals surface area contributed by atoms with Gasteiger partial charge in [0.2, 0.25) is 6.34 Å². The SMILES string of the molecule is CC(C)N(C=[N+](C)C)C(C)C.F[P-](F)(F)(F)(F)F. The molecule has 0 bridgehead atoms. The molecule has 0 spiro atoms. The van der Waals surface area contributed by atoms with Gasteiger partial charge in [0.15, 0.2) is 0 Å². The summed E-state index contributed by atoms with van der Waals surface area (Å²) in [6, 6.07) is 1.16. The Balaban J connectivity index is 0. The molecular formula is C9H21F6N2P. The molecule has 0 fully saturated rings. The summed E-state index contributed by atoms with van der Waals surface area (Å²) in [4.78, 5) is 2.33. The Bertz CT molecular complexity index is 268. The van der Waals surface area contributed by atoms with Crippen molar-refractivity contribution >= 4 is 14.1 Å².